The zero-order valence-electron chi connectivity index (χ0n) is 8.66. The number of carbonyl (C=O) groups excluding carboxylic acids is 1. The second kappa shape index (κ2) is 4.53. The van der Waals surface area contributed by atoms with Gasteiger partial charge in [0.25, 0.3) is 0 Å². The molecule has 2 aliphatic rings. The highest BCUT2D eigenvalue weighted by molar-refractivity contribution is 8.00. The van der Waals surface area contributed by atoms with Crippen LogP contribution < -0.4 is 5.32 Å². The smallest absolute Gasteiger partial charge is 0.237 e. The van der Waals surface area contributed by atoms with Crippen LogP contribution in [0.25, 0.3) is 0 Å². The van der Waals surface area contributed by atoms with E-state index in [9.17, 15) is 4.79 Å². The number of nitrogens with one attached hydrogen (secondary N) is 1. The molecule has 80 valence electrons. The summed E-state index contributed by atoms with van der Waals surface area (Å²) >= 11 is 2.02. The van der Waals surface area contributed by atoms with E-state index in [-0.39, 0.29) is 5.91 Å². The first-order valence-electron chi connectivity index (χ1n) is 5.45. The molecule has 2 fully saturated rings. The van der Waals surface area contributed by atoms with Gasteiger partial charge in [0.05, 0.1) is 12.7 Å². The zero-order chi connectivity index (χ0) is 9.97. The minimum atomic E-state index is 0.282. The lowest BCUT2D eigenvalue weighted by Crippen LogP contribution is -2.40. The Kier molecular flexibility index (Phi) is 3.34. The quantitative estimate of drug-likeness (QED) is 0.762. The van der Waals surface area contributed by atoms with Gasteiger partial charge in [-0.2, -0.15) is 11.8 Å². The van der Waals surface area contributed by atoms with Crippen molar-refractivity contribution in [2.75, 3.05) is 18.8 Å². The van der Waals surface area contributed by atoms with Gasteiger partial charge in [-0.25, -0.2) is 0 Å². The van der Waals surface area contributed by atoms with Gasteiger partial charge < -0.3 is 4.90 Å². The molecule has 3 nitrogen and oxygen atoms in total. The van der Waals surface area contributed by atoms with Crippen molar-refractivity contribution in [2.45, 2.75) is 37.6 Å². The number of nitrogens with zero attached hydrogens (tertiary/aromatic N) is 1. The third-order valence-corrected chi connectivity index (χ3v) is 4.38. The van der Waals surface area contributed by atoms with Crippen LogP contribution in [0.5, 0.6) is 0 Å². The van der Waals surface area contributed by atoms with Crippen LogP contribution >= 0.6 is 11.8 Å². The molecule has 14 heavy (non-hydrogen) atoms. The van der Waals surface area contributed by atoms with Crippen LogP contribution in [0.2, 0.25) is 0 Å². The van der Waals surface area contributed by atoms with E-state index in [1.165, 1.54) is 18.6 Å². The molecule has 4 heteroatoms. The standard InChI is InChI=1S/C10H18N2OS/c1-2-9-11-6-10(13)12(9)7-8-4-3-5-14-8/h8-9,11H,2-7H2,1H3. The highest BCUT2D eigenvalue weighted by Crippen LogP contribution is 2.27. The summed E-state index contributed by atoms with van der Waals surface area (Å²) in [5, 5.41) is 3.94. The van der Waals surface area contributed by atoms with E-state index in [1.807, 2.05) is 16.7 Å². The molecular formula is C10H18N2OS. The number of amides is 1. The number of rotatable bonds is 3. The van der Waals surface area contributed by atoms with E-state index in [0.29, 0.717) is 18.0 Å². The predicted octanol–water partition coefficient (Wildman–Crippen LogP) is 1.05. The Labute approximate surface area is 89.6 Å². The monoisotopic (exact) mass is 214 g/mol. The van der Waals surface area contributed by atoms with E-state index in [2.05, 4.69) is 12.2 Å². The summed E-state index contributed by atoms with van der Waals surface area (Å²) in [6, 6.07) is 0. The van der Waals surface area contributed by atoms with Crippen LogP contribution in [0, 0.1) is 0 Å². The molecular weight excluding hydrogens is 196 g/mol. The zero-order valence-corrected chi connectivity index (χ0v) is 9.48. The van der Waals surface area contributed by atoms with E-state index >= 15 is 0 Å². The van der Waals surface area contributed by atoms with Gasteiger partial charge in [0.2, 0.25) is 5.91 Å². The van der Waals surface area contributed by atoms with Gasteiger partial charge in [0, 0.05) is 11.8 Å². The van der Waals surface area contributed by atoms with Crippen LogP contribution in [0.1, 0.15) is 26.2 Å². The Hall–Kier alpha value is -0.220. The molecule has 2 saturated heterocycles. The lowest BCUT2D eigenvalue weighted by Gasteiger charge is -2.25. The van der Waals surface area contributed by atoms with Crippen LogP contribution in [0.15, 0.2) is 0 Å². The van der Waals surface area contributed by atoms with Gasteiger partial charge >= 0.3 is 0 Å². The molecule has 2 unspecified atom stereocenters. The van der Waals surface area contributed by atoms with Crippen LogP contribution in [-0.2, 0) is 4.79 Å². The molecule has 0 aromatic rings. The Balaban J connectivity index is 1.90. The summed E-state index contributed by atoms with van der Waals surface area (Å²) < 4.78 is 0. The first-order chi connectivity index (χ1) is 6.81. The SMILES string of the molecule is CCC1NCC(=O)N1CC1CCCS1. The highest BCUT2D eigenvalue weighted by Gasteiger charge is 2.31. The molecule has 0 bridgehead atoms. The fourth-order valence-corrected chi connectivity index (χ4v) is 3.46. The largest absolute Gasteiger partial charge is 0.325 e. The first kappa shape index (κ1) is 10.3. The minimum Gasteiger partial charge on any atom is -0.325 e. The average molecular weight is 214 g/mol. The second-order valence-electron chi connectivity index (χ2n) is 3.99. The molecule has 0 aromatic heterocycles. The van der Waals surface area contributed by atoms with Gasteiger partial charge in [0.15, 0.2) is 0 Å². The van der Waals surface area contributed by atoms with E-state index in [4.69, 9.17) is 0 Å². The molecule has 2 atom stereocenters. The summed E-state index contributed by atoms with van der Waals surface area (Å²) in [5.41, 5.74) is 0. The third-order valence-electron chi connectivity index (χ3n) is 3.00. The van der Waals surface area contributed by atoms with Crippen molar-refractivity contribution >= 4 is 17.7 Å². The van der Waals surface area contributed by atoms with E-state index in [1.54, 1.807) is 0 Å². The van der Waals surface area contributed by atoms with Crippen molar-refractivity contribution in [2.24, 2.45) is 0 Å². The van der Waals surface area contributed by atoms with Crippen LogP contribution in [-0.4, -0.2) is 41.1 Å². The van der Waals surface area contributed by atoms with Gasteiger partial charge in [-0.1, -0.05) is 6.92 Å². The normalized spacial score (nSPS) is 32.9. The van der Waals surface area contributed by atoms with E-state index < -0.39 is 0 Å². The Morgan fingerprint density at radius 3 is 3.14 bits per heavy atom. The summed E-state index contributed by atoms with van der Waals surface area (Å²) in [5.74, 6) is 1.56. The van der Waals surface area contributed by atoms with Gasteiger partial charge in [-0.05, 0) is 25.0 Å². The van der Waals surface area contributed by atoms with Crippen molar-refractivity contribution < 1.29 is 4.79 Å². The number of carbonyl (C=O) groups is 1. The Morgan fingerprint density at radius 1 is 1.64 bits per heavy atom. The molecule has 0 radical (unpaired) electrons. The van der Waals surface area contributed by atoms with Gasteiger partial charge in [-0.3, -0.25) is 10.1 Å². The van der Waals surface area contributed by atoms with Crippen LogP contribution in [0.3, 0.4) is 0 Å². The maximum atomic E-state index is 11.6. The molecule has 0 aromatic carbocycles. The minimum absolute atomic E-state index is 0.282. The average Bonchev–Trinajstić information content (AvgIpc) is 2.79. The first-order valence-corrected chi connectivity index (χ1v) is 6.50. The summed E-state index contributed by atoms with van der Waals surface area (Å²) in [4.78, 5) is 13.6. The lowest BCUT2D eigenvalue weighted by molar-refractivity contribution is -0.127. The topological polar surface area (TPSA) is 32.3 Å². The molecule has 1 amide bonds. The maximum absolute atomic E-state index is 11.6. The Morgan fingerprint density at radius 2 is 2.50 bits per heavy atom. The highest BCUT2D eigenvalue weighted by atomic mass is 32.2. The predicted molar refractivity (Wildman–Crippen MR) is 59.3 cm³/mol. The maximum Gasteiger partial charge on any atom is 0.237 e. The van der Waals surface area contributed by atoms with Crippen molar-refractivity contribution in [1.29, 1.82) is 0 Å². The molecule has 0 aliphatic carbocycles. The third kappa shape index (κ3) is 2.06. The molecule has 2 aliphatic heterocycles. The van der Waals surface area contributed by atoms with Gasteiger partial charge in [0.1, 0.15) is 0 Å². The van der Waals surface area contributed by atoms with E-state index in [0.717, 1.165) is 13.0 Å². The molecule has 2 rings (SSSR count). The van der Waals surface area contributed by atoms with Crippen molar-refractivity contribution in [3.05, 3.63) is 0 Å². The van der Waals surface area contributed by atoms with Crippen molar-refractivity contribution in [1.82, 2.24) is 10.2 Å². The summed E-state index contributed by atoms with van der Waals surface area (Å²) in [7, 11) is 0. The molecule has 0 saturated carbocycles. The number of hydrogen-bond donors (Lipinski definition) is 1. The van der Waals surface area contributed by atoms with Crippen molar-refractivity contribution in [3.8, 4) is 0 Å². The number of hydrogen-bond acceptors (Lipinski definition) is 3. The fraction of sp³-hybridized carbons (Fsp3) is 0.900. The fourth-order valence-electron chi connectivity index (χ4n) is 2.19. The molecule has 1 N–H and O–H groups in total. The second-order valence-corrected chi connectivity index (χ2v) is 5.39. The molecule has 0 spiro atoms. The summed E-state index contributed by atoms with van der Waals surface area (Å²) in [6.07, 6.45) is 3.92. The Bertz CT molecular complexity index is 216. The lowest BCUT2D eigenvalue weighted by atomic mass is 10.2. The summed E-state index contributed by atoms with van der Waals surface area (Å²) in [6.45, 7) is 3.62. The van der Waals surface area contributed by atoms with Crippen LogP contribution in [0.4, 0.5) is 0 Å². The van der Waals surface area contributed by atoms with Crippen molar-refractivity contribution in [3.63, 3.8) is 0 Å². The number of thioether (sulfide) groups is 1. The molecule has 2 heterocycles. The van der Waals surface area contributed by atoms with Gasteiger partial charge in [-0.15, -0.1) is 0 Å².